The van der Waals surface area contributed by atoms with Crippen molar-refractivity contribution in [2.45, 2.75) is 26.1 Å². The van der Waals surface area contributed by atoms with Gasteiger partial charge in [-0.15, -0.1) is 0 Å². The SMILES string of the molecule is CN=C(NCC(C)Oc1cccc(C)c1)NCC1CN(C)CCO1. The van der Waals surface area contributed by atoms with E-state index >= 15 is 0 Å². The summed E-state index contributed by atoms with van der Waals surface area (Å²) in [6, 6.07) is 8.09. The van der Waals surface area contributed by atoms with Gasteiger partial charge in [-0.2, -0.15) is 0 Å². The summed E-state index contributed by atoms with van der Waals surface area (Å²) in [6.07, 6.45) is 0.241. The minimum absolute atomic E-state index is 0.0439. The lowest BCUT2D eigenvalue weighted by molar-refractivity contribution is -0.0161. The van der Waals surface area contributed by atoms with Gasteiger partial charge in [0.25, 0.3) is 0 Å². The Hall–Kier alpha value is -1.79. The summed E-state index contributed by atoms with van der Waals surface area (Å²) in [5.74, 6) is 1.66. The maximum Gasteiger partial charge on any atom is 0.191 e. The van der Waals surface area contributed by atoms with E-state index in [2.05, 4.69) is 40.6 Å². The van der Waals surface area contributed by atoms with Gasteiger partial charge in [-0.05, 0) is 38.6 Å². The van der Waals surface area contributed by atoms with E-state index in [4.69, 9.17) is 9.47 Å². The zero-order chi connectivity index (χ0) is 17.4. The Morgan fingerprint density at radius 3 is 3.00 bits per heavy atom. The van der Waals surface area contributed by atoms with Gasteiger partial charge in [-0.1, -0.05) is 12.1 Å². The van der Waals surface area contributed by atoms with Crippen molar-refractivity contribution >= 4 is 5.96 Å². The molecule has 1 fully saturated rings. The smallest absolute Gasteiger partial charge is 0.191 e. The van der Waals surface area contributed by atoms with Crippen LogP contribution < -0.4 is 15.4 Å². The first-order valence-electron chi connectivity index (χ1n) is 8.55. The Kier molecular flexibility index (Phi) is 7.34. The monoisotopic (exact) mass is 334 g/mol. The molecule has 134 valence electrons. The molecule has 1 aromatic carbocycles. The average Bonchev–Trinajstić information content (AvgIpc) is 2.55. The molecule has 0 spiro atoms. The van der Waals surface area contributed by atoms with E-state index < -0.39 is 0 Å². The highest BCUT2D eigenvalue weighted by molar-refractivity contribution is 5.79. The van der Waals surface area contributed by atoms with Crippen LogP contribution in [-0.4, -0.2) is 69.9 Å². The second kappa shape index (κ2) is 9.49. The van der Waals surface area contributed by atoms with Crippen molar-refractivity contribution in [2.24, 2.45) is 4.99 Å². The predicted octanol–water partition coefficient (Wildman–Crippen LogP) is 1.26. The number of benzene rings is 1. The molecule has 0 aromatic heterocycles. The van der Waals surface area contributed by atoms with E-state index in [9.17, 15) is 0 Å². The highest BCUT2D eigenvalue weighted by Crippen LogP contribution is 2.13. The zero-order valence-electron chi connectivity index (χ0n) is 15.2. The lowest BCUT2D eigenvalue weighted by Crippen LogP contribution is -2.49. The van der Waals surface area contributed by atoms with Gasteiger partial charge >= 0.3 is 0 Å². The van der Waals surface area contributed by atoms with Crippen LogP contribution in [0.25, 0.3) is 0 Å². The first-order valence-corrected chi connectivity index (χ1v) is 8.55. The summed E-state index contributed by atoms with van der Waals surface area (Å²) >= 11 is 0. The van der Waals surface area contributed by atoms with Crippen molar-refractivity contribution in [1.29, 1.82) is 0 Å². The summed E-state index contributed by atoms with van der Waals surface area (Å²) in [7, 11) is 3.89. The fourth-order valence-electron chi connectivity index (χ4n) is 2.62. The number of nitrogens with zero attached hydrogens (tertiary/aromatic N) is 2. The number of guanidine groups is 1. The van der Waals surface area contributed by atoms with Crippen molar-refractivity contribution in [2.75, 3.05) is 46.9 Å². The second-order valence-electron chi connectivity index (χ2n) is 6.33. The van der Waals surface area contributed by atoms with Crippen molar-refractivity contribution in [3.05, 3.63) is 29.8 Å². The minimum Gasteiger partial charge on any atom is -0.489 e. The maximum atomic E-state index is 5.92. The summed E-state index contributed by atoms with van der Waals surface area (Å²) in [6.45, 7) is 8.26. The number of hydrogen-bond donors (Lipinski definition) is 2. The normalized spacial score (nSPS) is 20.5. The number of likely N-dealkylation sites (N-methyl/N-ethyl adjacent to an activating group) is 1. The van der Waals surface area contributed by atoms with Crippen LogP contribution >= 0.6 is 0 Å². The molecule has 2 rings (SSSR count). The van der Waals surface area contributed by atoms with Crippen molar-refractivity contribution in [3.8, 4) is 5.75 Å². The van der Waals surface area contributed by atoms with Crippen LogP contribution in [0.1, 0.15) is 12.5 Å². The lowest BCUT2D eigenvalue weighted by Gasteiger charge is -2.30. The Morgan fingerprint density at radius 1 is 1.46 bits per heavy atom. The minimum atomic E-state index is 0.0439. The molecular weight excluding hydrogens is 304 g/mol. The van der Waals surface area contributed by atoms with Gasteiger partial charge in [0, 0.05) is 26.7 Å². The van der Waals surface area contributed by atoms with E-state index in [1.807, 2.05) is 25.1 Å². The molecule has 24 heavy (non-hydrogen) atoms. The van der Waals surface area contributed by atoms with Crippen LogP contribution in [-0.2, 0) is 4.74 Å². The van der Waals surface area contributed by atoms with Gasteiger partial charge in [-0.25, -0.2) is 0 Å². The van der Waals surface area contributed by atoms with Gasteiger partial charge in [0.1, 0.15) is 11.9 Å². The number of hydrogen-bond acceptors (Lipinski definition) is 4. The molecule has 0 amide bonds. The molecule has 2 atom stereocenters. The third-order valence-corrected chi connectivity index (χ3v) is 3.95. The van der Waals surface area contributed by atoms with Crippen LogP contribution in [0.3, 0.4) is 0 Å². The van der Waals surface area contributed by atoms with Gasteiger partial charge in [0.05, 0.1) is 19.3 Å². The molecule has 1 aliphatic rings. The highest BCUT2D eigenvalue weighted by atomic mass is 16.5. The Bertz CT molecular complexity index is 536. The van der Waals surface area contributed by atoms with E-state index in [0.717, 1.165) is 38.0 Å². The Balaban J connectivity index is 1.70. The highest BCUT2D eigenvalue weighted by Gasteiger charge is 2.17. The van der Waals surface area contributed by atoms with E-state index in [1.165, 1.54) is 5.56 Å². The van der Waals surface area contributed by atoms with Crippen LogP contribution in [0.15, 0.2) is 29.3 Å². The van der Waals surface area contributed by atoms with E-state index in [1.54, 1.807) is 7.05 Å². The van der Waals surface area contributed by atoms with E-state index in [0.29, 0.717) is 6.54 Å². The topological polar surface area (TPSA) is 58.1 Å². The number of aryl methyl sites for hydroxylation is 1. The number of aliphatic imine (C=N–C) groups is 1. The van der Waals surface area contributed by atoms with Gasteiger partial charge in [-0.3, -0.25) is 4.99 Å². The molecule has 0 aliphatic carbocycles. The molecule has 1 aliphatic heterocycles. The number of rotatable bonds is 6. The quantitative estimate of drug-likeness (QED) is 0.606. The second-order valence-corrected chi connectivity index (χ2v) is 6.33. The molecule has 2 unspecified atom stereocenters. The van der Waals surface area contributed by atoms with Crippen molar-refractivity contribution in [1.82, 2.24) is 15.5 Å². The zero-order valence-corrected chi connectivity index (χ0v) is 15.2. The lowest BCUT2D eigenvalue weighted by atomic mass is 10.2. The van der Waals surface area contributed by atoms with Crippen molar-refractivity contribution in [3.63, 3.8) is 0 Å². The molecule has 2 N–H and O–H groups in total. The first kappa shape index (κ1) is 18.5. The number of nitrogens with one attached hydrogen (secondary N) is 2. The maximum absolute atomic E-state index is 5.92. The third kappa shape index (κ3) is 6.37. The fraction of sp³-hybridized carbons (Fsp3) is 0.611. The van der Waals surface area contributed by atoms with Crippen LogP contribution in [0, 0.1) is 6.92 Å². The van der Waals surface area contributed by atoms with Crippen LogP contribution in [0.2, 0.25) is 0 Å². The van der Waals surface area contributed by atoms with E-state index in [-0.39, 0.29) is 12.2 Å². The first-order chi connectivity index (χ1) is 11.6. The largest absolute Gasteiger partial charge is 0.489 e. The van der Waals surface area contributed by atoms with Gasteiger partial charge in [0.15, 0.2) is 5.96 Å². The summed E-state index contributed by atoms with van der Waals surface area (Å²) in [5, 5.41) is 6.62. The molecule has 6 nitrogen and oxygen atoms in total. The molecule has 0 bridgehead atoms. The Labute approximate surface area is 145 Å². The molecule has 0 radical (unpaired) electrons. The van der Waals surface area contributed by atoms with Crippen molar-refractivity contribution < 1.29 is 9.47 Å². The fourth-order valence-corrected chi connectivity index (χ4v) is 2.62. The summed E-state index contributed by atoms with van der Waals surface area (Å²) < 4.78 is 11.7. The average molecular weight is 334 g/mol. The molecule has 1 heterocycles. The number of morpholine rings is 1. The molecule has 0 saturated carbocycles. The summed E-state index contributed by atoms with van der Waals surface area (Å²) in [4.78, 5) is 6.54. The number of ether oxygens (including phenoxy) is 2. The molecule has 1 saturated heterocycles. The van der Waals surface area contributed by atoms with Gasteiger partial charge < -0.3 is 25.0 Å². The molecule has 6 heteroatoms. The molecular formula is C18H30N4O2. The van der Waals surface area contributed by atoms with Crippen LogP contribution in [0.4, 0.5) is 0 Å². The summed E-state index contributed by atoms with van der Waals surface area (Å²) in [5.41, 5.74) is 1.20. The third-order valence-electron chi connectivity index (χ3n) is 3.95. The standard InChI is InChI=1S/C18H30N4O2/c1-14-6-5-7-16(10-14)24-15(2)11-20-18(19-3)21-12-17-13-22(4)8-9-23-17/h5-7,10,15,17H,8-9,11-13H2,1-4H3,(H2,19,20,21). The molecule has 1 aromatic rings. The predicted molar refractivity (Wildman–Crippen MR) is 97.9 cm³/mol. The Morgan fingerprint density at radius 2 is 2.29 bits per heavy atom. The van der Waals surface area contributed by atoms with Gasteiger partial charge in [0.2, 0.25) is 0 Å². The van der Waals surface area contributed by atoms with Crippen LogP contribution in [0.5, 0.6) is 5.75 Å².